The third kappa shape index (κ3) is 4.55. The van der Waals surface area contributed by atoms with E-state index < -0.39 is 0 Å². The summed E-state index contributed by atoms with van der Waals surface area (Å²) in [6.07, 6.45) is 5.47. The SMILES string of the molecule is C.CC(=O)NCC1CCC(c2nc(-c3cc4cccc(-c5cccc(O)c5)c4[nH]3)c3c(N)ncnn23)CC1. The van der Waals surface area contributed by atoms with E-state index in [-0.39, 0.29) is 25.0 Å². The molecule has 2 aromatic carbocycles. The Labute approximate surface area is 221 Å². The van der Waals surface area contributed by atoms with Crippen molar-refractivity contribution in [2.75, 3.05) is 12.3 Å². The van der Waals surface area contributed by atoms with Gasteiger partial charge in [-0.15, -0.1) is 0 Å². The topological polar surface area (TPSA) is 134 Å². The lowest BCUT2D eigenvalue weighted by molar-refractivity contribution is -0.119. The molecule has 196 valence electrons. The lowest BCUT2D eigenvalue weighted by Gasteiger charge is -2.27. The normalized spacial score (nSPS) is 17.4. The van der Waals surface area contributed by atoms with Crippen LogP contribution >= 0.6 is 0 Å². The Bertz CT molecular complexity index is 1610. The number of benzene rings is 2. The summed E-state index contributed by atoms with van der Waals surface area (Å²) in [5.41, 5.74) is 11.5. The molecule has 0 radical (unpaired) electrons. The van der Waals surface area contributed by atoms with Crippen LogP contribution in [0.1, 0.15) is 51.8 Å². The van der Waals surface area contributed by atoms with E-state index in [2.05, 4.69) is 32.5 Å². The molecule has 9 nitrogen and oxygen atoms in total. The molecule has 6 rings (SSSR count). The number of phenols is 1. The summed E-state index contributed by atoms with van der Waals surface area (Å²) in [6, 6.07) is 15.4. The molecule has 1 amide bonds. The van der Waals surface area contributed by atoms with E-state index in [9.17, 15) is 9.90 Å². The molecule has 0 unspecified atom stereocenters. The quantitative estimate of drug-likeness (QED) is 0.254. The van der Waals surface area contributed by atoms with Gasteiger partial charge in [-0.2, -0.15) is 5.10 Å². The zero-order valence-corrected chi connectivity index (χ0v) is 20.6. The van der Waals surface area contributed by atoms with Gasteiger partial charge in [0.05, 0.1) is 11.2 Å². The highest BCUT2D eigenvalue weighted by Gasteiger charge is 2.28. The summed E-state index contributed by atoms with van der Waals surface area (Å²) in [7, 11) is 0. The van der Waals surface area contributed by atoms with Crippen LogP contribution in [-0.2, 0) is 4.79 Å². The van der Waals surface area contributed by atoms with Gasteiger partial charge in [0.25, 0.3) is 0 Å². The van der Waals surface area contributed by atoms with Crippen molar-refractivity contribution in [1.82, 2.24) is 29.9 Å². The molecule has 1 aliphatic carbocycles. The molecular weight excluding hydrogens is 478 g/mol. The fourth-order valence-electron chi connectivity index (χ4n) is 5.54. The summed E-state index contributed by atoms with van der Waals surface area (Å²) in [5, 5.41) is 18.5. The van der Waals surface area contributed by atoms with Crippen LogP contribution in [0.5, 0.6) is 5.75 Å². The number of carbonyl (C=O) groups excluding carboxylic acids is 1. The molecule has 5 aromatic rings. The Morgan fingerprint density at radius 2 is 1.95 bits per heavy atom. The van der Waals surface area contributed by atoms with Crippen LogP contribution in [0.15, 0.2) is 54.9 Å². The molecular formula is C29H33N7O2. The number of nitrogens with one attached hydrogen (secondary N) is 2. The van der Waals surface area contributed by atoms with Crippen molar-refractivity contribution in [3.8, 4) is 28.3 Å². The highest BCUT2D eigenvalue weighted by atomic mass is 16.3. The lowest BCUT2D eigenvalue weighted by Crippen LogP contribution is -2.29. The van der Waals surface area contributed by atoms with Crippen LogP contribution in [0.25, 0.3) is 38.9 Å². The predicted molar refractivity (Wildman–Crippen MR) is 150 cm³/mol. The van der Waals surface area contributed by atoms with E-state index in [1.807, 2.05) is 28.8 Å². The number of aromatic amines is 1. The minimum absolute atomic E-state index is 0. The maximum absolute atomic E-state index is 11.3. The van der Waals surface area contributed by atoms with Crippen LogP contribution in [0.3, 0.4) is 0 Å². The van der Waals surface area contributed by atoms with E-state index in [1.54, 1.807) is 19.1 Å². The molecule has 1 saturated carbocycles. The van der Waals surface area contributed by atoms with E-state index in [0.29, 0.717) is 17.3 Å². The first-order valence-corrected chi connectivity index (χ1v) is 12.6. The smallest absolute Gasteiger partial charge is 0.216 e. The molecule has 0 aliphatic heterocycles. The van der Waals surface area contributed by atoms with Crippen molar-refractivity contribution in [2.24, 2.45) is 5.92 Å². The zero-order valence-electron chi connectivity index (χ0n) is 20.6. The maximum atomic E-state index is 11.3. The second kappa shape index (κ2) is 10.2. The average Bonchev–Trinajstić information content (AvgIpc) is 3.50. The fourth-order valence-corrected chi connectivity index (χ4v) is 5.54. The number of hydrogen-bond acceptors (Lipinski definition) is 6. The number of carbonyl (C=O) groups is 1. The Morgan fingerprint density at radius 3 is 2.71 bits per heavy atom. The second-order valence-electron chi connectivity index (χ2n) is 9.88. The molecule has 3 aromatic heterocycles. The Balaban J connectivity index is 0.00000294. The molecule has 0 bridgehead atoms. The van der Waals surface area contributed by atoms with Gasteiger partial charge in [-0.3, -0.25) is 4.79 Å². The fraction of sp³-hybridized carbons (Fsp3) is 0.310. The first kappa shape index (κ1) is 25.3. The Kier molecular flexibility index (Phi) is 6.75. The van der Waals surface area contributed by atoms with Gasteiger partial charge in [0.15, 0.2) is 5.82 Å². The molecule has 9 heteroatoms. The highest BCUT2D eigenvalue weighted by Crippen LogP contribution is 2.39. The number of hydrogen-bond donors (Lipinski definition) is 4. The Morgan fingerprint density at radius 1 is 1.16 bits per heavy atom. The van der Waals surface area contributed by atoms with Crippen LogP contribution < -0.4 is 11.1 Å². The summed E-state index contributed by atoms with van der Waals surface area (Å²) < 4.78 is 1.85. The molecule has 3 heterocycles. The van der Waals surface area contributed by atoms with Gasteiger partial charge >= 0.3 is 0 Å². The van der Waals surface area contributed by atoms with Gasteiger partial charge in [0, 0.05) is 30.3 Å². The van der Waals surface area contributed by atoms with E-state index >= 15 is 0 Å². The van der Waals surface area contributed by atoms with Crippen molar-refractivity contribution >= 4 is 28.1 Å². The molecule has 5 N–H and O–H groups in total. The second-order valence-corrected chi connectivity index (χ2v) is 9.88. The summed E-state index contributed by atoms with van der Waals surface area (Å²) in [5.74, 6) is 2.25. The number of rotatable bonds is 5. The number of phenolic OH excluding ortho intramolecular Hbond substituents is 1. The third-order valence-electron chi connectivity index (χ3n) is 7.41. The first-order chi connectivity index (χ1) is 18.0. The number of para-hydroxylation sites is 1. The highest BCUT2D eigenvalue weighted by molar-refractivity contribution is 5.98. The zero-order chi connectivity index (χ0) is 25.5. The average molecular weight is 512 g/mol. The van der Waals surface area contributed by atoms with Crippen LogP contribution in [0, 0.1) is 5.92 Å². The maximum Gasteiger partial charge on any atom is 0.216 e. The van der Waals surface area contributed by atoms with Gasteiger partial charge < -0.3 is 21.1 Å². The number of amides is 1. The standard InChI is InChI=1S/C28H29N7O2.CH4/c1-16(36)30-14-17-8-10-18(11-9-17)28-34-25(26-27(29)31-15-32-35(26)28)23-13-20-5-3-7-22(24(20)33-23)19-4-2-6-21(37)12-19;/h2-7,12-13,15,17-18,33,37H,8-11,14H2,1H3,(H,30,36)(H2,29,31,32);1H4. The van der Waals surface area contributed by atoms with Crippen LogP contribution in [-0.4, -0.2) is 42.1 Å². The molecule has 1 fully saturated rings. The number of H-pyrrole nitrogens is 1. The summed E-state index contributed by atoms with van der Waals surface area (Å²) >= 11 is 0. The number of anilines is 1. The number of nitrogen functional groups attached to an aromatic ring is 1. The predicted octanol–water partition coefficient (Wildman–Crippen LogP) is 5.27. The van der Waals surface area contributed by atoms with Crippen molar-refractivity contribution in [2.45, 2.75) is 46.0 Å². The van der Waals surface area contributed by atoms with Gasteiger partial charge in [-0.05, 0) is 55.4 Å². The van der Waals surface area contributed by atoms with Gasteiger partial charge in [-0.25, -0.2) is 14.5 Å². The Hall–Kier alpha value is -4.40. The lowest BCUT2D eigenvalue weighted by atomic mass is 9.81. The number of nitrogens with zero attached hydrogens (tertiary/aromatic N) is 4. The summed E-state index contributed by atoms with van der Waals surface area (Å²) in [6.45, 7) is 2.28. The van der Waals surface area contributed by atoms with E-state index in [1.165, 1.54) is 6.33 Å². The van der Waals surface area contributed by atoms with Crippen molar-refractivity contribution in [1.29, 1.82) is 0 Å². The minimum Gasteiger partial charge on any atom is -0.508 e. The number of fused-ring (bicyclic) bond motifs is 2. The molecule has 0 saturated heterocycles. The van der Waals surface area contributed by atoms with Gasteiger partial charge in [0.2, 0.25) is 5.91 Å². The molecule has 38 heavy (non-hydrogen) atoms. The molecule has 0 spiro atoms. The number of aromatic hydroxyl groups is 1. The van der Waals surface area contributed by atoms with Crippen molar-refractivity contribution in [3.05, 3.63) is 60.7 Å². The third-order valence-corrected chi connectivity index (χ3v) is 7.41. The largest absolute Gasteiger partial charge is 0.508 e. The summed E-state index contributed by atoms with van der Waals surface area (Å²) in [4.78, 5) is 24.2. The monoisotopic (exact) mass is 511 g/mol. The number of imidazole rings is 1. The minimum atomic E-state index is 0. The van der Waals surface area contributed by atoms with Crippen LogP contribution in [0.4, 0.5) is 5.82 Å². The molecule has 0 atom stereocenters. The molecule has 1 aliphatic rings. The van der Waals surface area contributed by atoms with Crippen molar-refractivity contribution < 1.29 is 9.90 Å². The number of aromatic nitrogens is 5. The number of nitrogens with two attached hydrogens (primary N) is 1. The van der Waals surface area contributed by atoms with Gasteiger partial charge in [-0.1, -0.05) is 37.8 Å². The first-order valence-electron chi connectivity index (χ1n) is 12.6. The van der Waals surface area contributed by atoms with Gasteiger partial charge in [0.1, 0.15) is 29.1 Å². The van der Waals surface area contributed by atoms with E-state index in [4.69, 9.17) is 10.7 Å². The van der Waals surface area contributed by atoms with E-state index in [0.717, 1.165) is 71.5 Å². The van der Waals surface area contributed by atoms with Crippen molar-refractivity contribution in [3.63, 3.8) is 0 Å². The van der Waals surface area contributed by atoms with Crippen LogP contribution in [0.2, 0.25) is 0 Å².